The molecular weight excluding hydrogens is 428 g/mol. The van der Waals surface area contributed by atoms with E-state index in [1.807, 2.05) is 13.0 Å². The average Bonchev–Trinajstić information content (AvgIpc) is 2.82. The zero-order valence-corrected chi connectivity index (χ0v) is 19.4. The minimum absolute atomic E-state index is 0.0820. The summed E-state index contributed by atoms with van der Waals surface area (Å²) in [4.78, 5) is 13.1. The third-order valence-corrected chi connectivity index (χ3v) is 8.01. The van der Waals surface area contributed by atoms with Gasteiger partial charge in [-0.3, -0.25) is 9.10 Å². The standard InChI is InChI=1S/C24H30N2O5S/c1-17-8-13-22-21(14-17)26(32(28,29)20-11-9-19(30-2)10-12-20)16-23(31-22)24(27)25-15-18-6-4-3-5-7-18/h8-14,18,23H,3-7,15-16H2,1-2H3,(H,25,27)/t23-/m1/s1. The van der Waals surface area contributed by atoms with Gasteiger partial charge in [0.2, 0.25) is 0 Å². The summed E-state index contributed by atoms with van der Waals surface area (Å²) in [5.74, 6) is 1.15. The molecule has 1 aliphatic heterocycles. The lowest BCUT2D eigenvalue weighted by Gasteiger charge is -2.35. The lowest BCUT2D eigenvalue weighted by Crippen LogP contribution is -2.51. The fraction of sp³-hybridized carbons (Fsp3) is 0.458. The fourth-order valence-electron chi connectivity index (χ4n) is 4.35. The molecule has 1 aliphatic carbocycles. The van der Waals surface area contributed by atoms with Crippen LogP contribution in [0.25, 0.3) is 0 Å². The van der Waals surface area contributed by atoms with E-state index in [-0.39, 0.29) is 17.3 Å². The molecule has 1 atom stereocenters. The summed E-state index contributed by atoms with van der Waals surface area (Å²) in [7, 11) is -2.37. The Morgan fingerprint density at radius 1 is 1.12 bits per heavy atom. The highest BCUT2D eigenvalue weighted by molar-refractivity contribution is 7.92. The Morgan fingerprint density at radius 3 is 2.53 bits per heavy atom. The Bertz CT molecular complexity index is 1060. The van der Waals surface area contributed by atoms with Gasteiger partial charge in [0.1, 0.15) is 11.5 Å². The number of sulfonamides is 1. The molecule has 0 spiro atoms. The molecule has 1 fully saturated rings. The summed E-state index contributed by atoms with van der Waals surface area (Å²) in [6.45, 7) is 2.41. The molecule has 0 saturated heterocycles. The molecule has 0 radical (unpaired) electrons. The molecule has 172 valence electrons. The van der Waals surface area contributed by atoms with Gasteiger partial charge in [-0.2, -0.15) is 0 Å². The van der Waals surface area contributed by atoms with E-state index in [4.69, 9.17) is 9.47 Å². The number of hydrogen-bond donors (Lipinski definition) is 1. The first-order chi connectivity index (χ1) is 15.4. The van der Waals surface area contributed by atoms with Crippen LogP contribution in [0.1, 0.15) is 37.7 Å². The van der Waals surface area contributed by atoms with Crippen LogP contribution in [0.5, 0.6) is 11.5 Å². The number of anilines is 1. The molecule has 2 aliphatic rings. The van der Waals surface area contributed by atoms with E-state index < -0.39 is 16.1 Å². The Kier molecular flexibility index (Phi) is 6.60. The number of nitrogens with one attached hydrogen (secondary N) is 1. The number of amides is 1. The molecule has 7 nitrogen and oxygen atoms in total. The van der Waals surface area contributed by atoms with E-state index in [1.54, 1.807) is 24.3 Å². The third kappa shape index (κ3) is 4.70. The van der Waals surface area contributed by atoms with Gasteiger partial charge in [-0.25, -0.2) is 8.42 Å². The largest absolute Gasteiger partial charge is 0.497 e. The van der Waals surface area contributed by atoms with E-state index in [2.05, 4.69) is 5.32 Å². The number of carbonyl (C=O) groups excluding carboxylic acids is 1. The van der Waals surface area contributed by atoms with Crippen LogP contribution in [0.4, 0.5) is 5.69 Å². The van der Waals surface area contributed by atoms with Gasteiger partial charge in [-0.1, -0.05) is 25.3 Å². The van der Waals surface area contributed by atoms with Gasteiger partial charge < -0.3 is 14.8 Å². The van der Waals surface area contributed by atoms with Gasteiger partial charge in [0.15, 0.2) is 6.10 Å². The van der Waals surface area contributed by atoms with Crippen molar-refractivity contribution in [2.45, 2.75) is 50.0 Å². The van der Waals surface area contributed by atoms with Crippen molar-refractivity contribution in [3.8, 4) is 11.5 Å². The van der Waals surface area contributed by atoms with Gasteiger partial charge in [0, 0.05) is 6.54 Å². The first-order valence-electron chi connectivity index (χ1n) is 11.1. The Labute approximate surface area is 189 Å². The van der Waals surface area contributed by atoms with Gasteiger partial charge >= 0.3 is 0 Å². The molecule has 1 N–H and O–H groups in total. The maximum Gasteiger partial charge on any atom is 0.264 e. The number of nitrogens with zero attached hydrogens (tertiary/aromatic N) is 1. The second-order valence-corrected chi connectivity index (χ2v) is 10.4. The van der Waals surface area contributed by atoms with Crippen molar-refractivity contribution in [2.24, 2.45) is 5.92 Å². The summed E-state index contributed by atoms with van der Waals surface area (Å²) in [5, 5.41) is 2.99. The maximum atomic E-state index is 13.5. The highest BCUT2D eigenvalue weighted by Crippen LogP contribution is 2.38. The van der Waals surface area contributed by atoms with Gasteiger partial charge in [0.05, 0.1) is 24.2 Å². The van der Waals surface area contributed by atoms with Gasteiger partial charge in [-0.05, 0) is 67.6 Å². The van der Waals surface area contributed by atoms with E-state index in [0.29, 0.717) is 29.6 Å². The minimum Gasteiger partial charge on any atom is -0.497 e. The number of aryl methyl sites for hydroxylation is 1. The number of fused-ring (bicyclic) bond motifs is 1. The Morgan fingerprint density at radius 2 is 1.84 bits per heavy atom. The molecule has 8 heteroatoms. The number of ether oxygens (including phenoxy) is 2. The van der Waals surface area contributed by atoms with Crippen molar-refractivity contribution in [3.05, 3.63) is 48.0 Å². The molecule has 1 saturated carbocycles. The molecule has 2 aromatic rings. The fourth-order valence-corrected chi connectivity index (χ4v) is 5.82. The summed E-state index contributed by atoms with van der Waals surface area (Å²) in [5.41, 5.74) is 1.35. The number of carbonyl (C=O) groups is 1. The highest BCUT2D eigenvalue weighted by Gasteiger charge is 2.37. The highest BCUT2D eigenvalue weighted by atomic mass is 32.2. The summed E-state index contributed by atoms with van der Waals surface area (Å²) in [6, 6.07) is 11.6. The number of rotatable bonds is 6. The van der Waals surface area contributed by atoms with Gasteiger partial charge in [-0.15, -0.1) is 0 Å². The monoisotopic (exact) mass is 458 g/mol. The zero-order chi connectivity index (χ0) is 22.7. The SMILES string of the molecule is COc1ccc(S(=O)(=O)N2C[C@H](C(=O)NCC3CCCCC3)Oc3ccc(C)cc32)cc1. The Balaban J connectivity index is 1.59. The third-order valence-electron chi connectivity index (χ3n) is 6.21. The molecule has 4 rings (SSSR count). The lowest BCUT2D eigenvalue weighted by atomic mass is 9.89. The molecule has 2 aromatic carbocycles. The Hall–Kier alpha value is -2.74. The van der Waals surface area contributed by atoms with Crippen LogP contribution >= 0.6 is 0 Å². The summed E-state index contributed by atoms with van der Waals surface area (Å²) >= 11 is 0. The molecule has 32 heavy (non-hydrogen) atoms. The first kappa shape index (κ1) is 22.5. The van der Waals surface area contributed by atoms with E-state index in [1.165, 1.54) is 42.8 Å². The summed E-state index contributed by atoms with van der Waals surface area (Å²) in [6.07, 6.45) is 4.96. The van der Waals surface area contributed by atoms with E-state index in [9.17, 15) is 13.2 Å². The average molecular weight is 459 g/mol. The van der Waals surface area contributed by atoms with Crippen molar-refractivity contribution in [2.75, 3.05) is 24.5 Å². The van der Waals surface area contributed by atoms with Crippen LogP contribution in [0.3, 0.4) is 0 Å². The zero-order valence-electron chi connectivity index (χ0n) is 18.5. The van der Waals surface area contributed by atoms with Crippen LogP contribution in [0.15, 0.2) is 47.4 Å². The van der Waals surface area contributed by atoms with Crippen LogP contribution < -0.4 is 19.1 Å². The molecule has 1 heterocycles. The predicted octanol–water partition coefficient (Wildman–Crippen LogP) is 3.66. The van der Waals surface area contributed by atoms with E-state index >= 15 is 0 Å². The lowest BCUT2D eigenvalue weighted by molar-refractivity contribution is -0.128. The van der Waals surface area contributed by atoms with Crippen LogP contribution in [-0.2, 0) is 14.8 Å². The molecule has 0 aromatic heterocycles. The van der Waals surface area contributed by atoms with E-state index in [0.717, 1.165) is 18.4 Å². The topological polar surface area (TPSA) is 84.9 Å². The van der Waals surface area contributed by atoms with Crippen molar-refractivity contribution >= 4 is 21.6 Å². The smallest absolute Gasteiger partial charge is 0.264 e. The van der Waals surface area contributed by atoms with Crippen LogP contribution in [0.2, 0.25) is 0 Å². The van der Waals surface area contributed by atoms with Crippen molar-refractivity contribution in [1.29, 1.82) is 0 Å². The number of methoxy groups -OCH3 is 1. The van der Waals surface area contributed by atoms with Crippen molar-refractivity contribution < 1.29 is 22.7 Å². The maximum absolute atomic E-state index is 13.5. The van der Waals surface area contributed by atoms with Gasteiger partial charge in [0.25, 0.3) is 15.9 Å². The normalized spacial score (nSPS) is 19.1. The predicted molar refractivity (Wildman–Crippen MR) is 123 cm³/mol. The molecule has 0 bridgehead atoms. The molecule has 1 amide bonds. The van der Waals surface area contributed by atoms with Crippen LogP contribution in [-0.4, -0.2) is 40.6 Å². The molecule has 0 unspecified atom stereocenters. The van der Waals surface area contributed by atoms with Crippen molar-refractivity contribution in [3.63, 3.8) is 0 Å². The summed E-state index contributed by atoms with van der Waals surface area (Å²) < 4.78 is 39.4. The number of hydrogen-bond acceptors (Lipinski definition) is 5. The first-order valence-corrected chi connectivity index (χ1v) is 12.5. The quantitative estimate of drug-likeness (QED) is 0.714. The van der Waals surface area contributed by atoms with Crippen molar-refractivity contribution in [1.82, 2.24) is 5.32 Å². The number of benzene rings is 2. The minimum atomic E-state index is -3.90. The second-order valence-electron chi connectivity index (χ2n) is 8.54. The molecular formula is C24H30N2O5S. The van der Waals surface area contributed by atoms with Crippen LogP contribution in [0, 0.1) is 12.8 Å². The second kappa shape index (κ2) is 9.40.